The van der Waals surface area contributed by atoms with Gasteiger partial charge in [0.15, 0.2) is 0 Å². The number of hydrogen-bond donors (Lipinski definition) is 5. The number of ether oxygens (including phenoxy) is 3. The van der Waals surface area contributed by atoms with Crippen LogP contribution in [0.1, 0.15) is 76.0 Å². The summed E-state index contributed by atoms with van der Waals surface area (Å²) in [6.07, 6.45) is 2.64. The first-order valence-electron chi connectivity index (χ1n) is 24.1. The summed E-state index contributed by atoms with van der Waals surface area (Å²) < 4.78 is 57.1. The second kappa shape index (κ2) is 25.9. The zero-order valence-corrected chi connectivity index (χ0v) is 40.7. The lowest BCUT2D eigenvalue weighted by Gasteiger charge is -2.44. The van der Waals surface area contributed by atoms with Gasteiger partial charge in [-0.1, -0.05) is 6.07 Å². The normalized spacial score (nSPS) is 21.5. The van der Waals surface area contributed by atoms with E-state index in [0.717, 1.165) is 24.1 Å². The SMILES string of the molecule is CC(C)N(C)[C@@H]1CC[C@H](N2CC[C@H](Nc3ncnc4ccc(C(F)(F)F)cc34)C2=O)[C@H](NC(=O)CCOCCOCCNC(=O)COCCNC(=O)CCNC(=O)[C@H]2CC(=O)N(C)[C@@H]2c2cccnc2)C1. The molecule has 0 unspecified atom stereocenters. The highest BCUT2D eigenvalue weighted by molar-refractivity contribution is 5.93. The van der Waals surface area contributed by atoms with Gasteiger partial charge in [-0.2, -0.15) is 13.2 Å². The van der Waals surface area contributed by atoms with Gasteiger partial charge in [0.1, 0.15) is 24.8 Å². The number of alkyl halides is 3. The summed E-state index contributed by atoms with van der Waals surface area (Å²) in [6.45, 7) is 5.79. The van der Waals surface area contributed by atoms with Crippen molar-refractivity contribution in [3.8, 4) is 0 Å². The van der Waals surface area contributed by atoms with Crippen LogP contribution < -0.4 is 26.6 Å². The van der Waals surface area contributed by atoms with Gasteiger partial charge in [-0.3, -0.25) is 33.8 Å². The predicted molar refractivity (Wildman–Crippen MR) is 253 cm³/mol. The molecule has 6 amide bonds. The lowest BCUT2D eigenvalue weighted by Crippen LogP contribution is -2.58. The van der Waals surface area contributed by atoms with E-state index in [9.17, 15) is 41.9 Å². The van der Waals surface area contributed by atoms with E-state index in [1.165, 1.54) is 12.4 Å². The molecule has 5 N–H and O–H groups in total. The molecule has 3 aromatic rings. The standard InChI is InChI=1S/C48H66F3N11O9/c1-30(2)60(3)33-8-10-39(62-18-12-37(47(62)68)59-45-34-24-32(48(49,50)51)7-9-36(34)56-29-57-45)38(25-33)58-41(64)13-19-69-22-23-70-20-16-54-42(65)28-71-21-17-53-40(63)11-15-55-46(67)35-26-43(66)61(4)44(35)31-6-5-14-52-27-31/h5-7,9,14,24,27,29-30,33,35,37-39,44H,8,10-13,15-23,25-26,28H2,1-4H3,(H,53,63)(H,54,65)(H,55,67)(H,58,64)(H,56,57,59)/t33-,35+,37+,38-,39+,44-/m1/s1. The lowest BCUT2D eigenvalue weighted by molar-refractivity contribution is -0.137. The fourth-order valence-corrected chi connectivity index (χ4v) is 9.27. The highest BCUT2D eigenvalue weighted by Crippen LogP contribution is 2.37. The number of carbonyl (C=O) groups is 6. The Morgan fingerprint density at radius 2 is 1.62 bits per heavy atom. The van der Waals surface area contributed by atoms with Crippen LogP contribution in [-0.2, 0) is 49.2 Å². The molecule has 2 aliphatic heterocycles. The average Bonchev–Trinajstić information content (AvgIpc) is 3.86. The van der Waals surface area contributed by atoms with Crippen molar-refractivity contribution in [2.24, 2.45) is 5.92 Å². The smallest absolute Gasteiger partial charge is 0.379 e. The quantitative estimate of drug-likeness (QED) is 0.0766. The molecule has 3 aliphatic rings. The van der Waals surface area contributed by atoms with E-state index in [1.54, 1.807) is 35.3 Å². The zero-order valence-electron chi connectivity index (χ0n) is 40.7. The van der Waals surface area contributed by atoms with E-state index in [4.69, 9.17) is 14.2 Å². The molecular formula is C48H66F3N11O9. The van der Waals surface area contributed by atoms with E-state index < -0.39 is 29.7 Å². The Bertz CT molecular complexity index is 2300. The largest absolute Gasteiger partial charge is 0.416 e. The third kappa shape index (κ3) is 15.2. The van der Waals surface area contributed by atoms with Crippen molar-refractivity contribution in [2.75, 3.05) is 85.2 Å². The van der Waals surface area contributed by atoms with Crippen molar-refractivity contribution < 1.29 is 56.1 Å². The minimum absolute atomic E-state index is 0.0287. The molecule has 0 radical (unpaired) electrons. The Morgan fingerprint density at radius 1 is 0.873 bits per heavy atom. The minimum atomic E-state index is -4.56. The molecule has 6 atom stereocenters. The fourth-order valence-electron chi connectivity index (χ4n) is 9.27. The number of aromatic nitrogens is 3. The monoisotopic (exact) mass is 997 g/mol. The van der Waals surface area contributed by atoms with Gasteiger partial charge in [0.05, 0.1) is 68.2 Å². The van der Waals surface area contributed by atoms with E-state index in [-0.39, 0.29) is 149 Å². The number of halogens is 3. The molecule has 6 rings (SSSR count). The molecule has 71 heavy (non-hydrogen) atoms. The number of pyridine rings is 1. The molecule has 1 aromatic carbocycles. The van der Waals surface area contributed by atoms with Crippen LogP contribution in [-0.4, -0.2) is 175 Å². The number of nitrogens with one attached hydrogen (secondary N) is 5. The number of carbonyl (C=O) groups excluding carboxylic acids is 6. The van der Waals surface area contributed by atoms with Gasteiger partial charge in [0.2, 0.25) is 35.4 Å². The first kappa shape index (κ1) is 54.3. The van der Waals surface area contributed by atoms with Gasteiger partial charge in [0.25, 0.3) is 0 Å². The van der Waals surface area contributed by atoms with Crippen LogP contribution in [0.2, 0.25) is 0 Å². The maximum atomic E-state index is 13.9. The van der Waals surface area contributed by atoms with Crippen LogP contribution in [0, 0.1) is 5.92 Å². The van der Waals surface area contributed by atoms with Crippen LogP contribution in [0.25, 0.3) is 10.9 Å². The van der Waals surface area contributed by atoms with Crippen molar-refractivity contribution in [1.82, 2.24) is 50.9 Å². The summed E-state index contributed by atoms with van der Waals surface area (Å²) in [4.78, 5) is 94.9. The summed E-state index contributed by atoms with van der Waals surface area (Å²) >= 11 is 0. The second-order valence-electron chi connectivity index (χ2n) is 18.3. The second-order valence-corrected chi connectivity index (χ2v) is 18.3. The van der Waals surface area contributed by atoms with Crippen LogP contribution in [0.15, 0.2) is 49.1 Å². The van der Waals surface area contributed by atoms with E-state index in [0.29, 0.717) is 31.3 Å². The third-order valence-electron chi connectivity index (χ3n) is 13.3. The topological polar surface area (TPSA) is 239 Å². The Balaban J connectivity index is 0.817. The van der Waals surface area contributed by atoms with E-state index >= 15 is 0 Å². The van der Waals surface area contributed by atoms with Crippen molar-refractivity contribution in [2.45, 2.75) is 101 Å². The molecular weight excluding hydrogens is 932 g/mol. The van der Waals surface area contributed by atoms with Crippen molar-refractivity contribution >= 4 is 52.2 Å². The summed E-state index contributed by atoms with van der Waals surface area (Å²) in [5.41, 5.74) is 0.242. The van der Waals surface area contributed by atoms with Crippen LogP contribution in [0.5, 0.6) is 0 Å². The van der Waals surface area contributed by atoms with Crippen molar-refractivity contribution in [1.29, 1.82) is 0 Å². The Hall–Kier alpha value is -6.04. The Labute approximate surface area is 410 Å². The third-order valence-corrected chi connectivity index (χ3v) is 13.3. The first-order chi connectivity index (χ1) is 34.0. The number of anilines is 1. The fraction of sp³-hybridized carbons (Fsp3) is 0.604. The highest BCUT2D eigenvalue weighted by Gasteiger charge is 2.44. The zero-order chi connectivity index (χ0) is 51.1. The summed E-state index contributed by atoms with van der Waals surface area (Å²) in [5, 5.41) is 14.5. The van der Waals surface area contributed by atoms with Gasteiger partial charge in [-0.25, -0.2) is 9.97 Å². The van der Waals surface area contributed by atoms with Gasteiger partial charge in [-0.15, -0.1) is 0 Å². The number of benzene rings is 1. The Morgan fingerprint density at radius 3 is 2.35 bits per heavy atom. The number of fused-ring (bicyclic) bond motifs is 1. The molecule has 3 fully saturated rings. The molecule has 2 saturated heterocycles. The number of rotatable bonds is 25. The van der Waals surface area contributed by atoms with Crippen LogP contribution in [0.3, 0.4) is 0 Å². The minimum Gasteiger partial charge on any atom is -0.379 e. The number of likely N-dealkylation sites (tertiary alicyclic amines) is 2. The van der Waals surface area contributed by atoms with E-state index in [2.05, 4.69) is 60.3 Å². The van der Waals surface area contributed by atoms with Gasteiger partial charge >= 0.3 is 6.18 Å². The summed E-state index contributed by atoms with van der Waals surface area (Å²) in [7, 11) is 3.71. The summed E-state index contributed by atoms with van der Waals surface area (Å²) in [6, 6.07) is 5.48. The number of nitrogens with zero attached hydrogens (tertiary/aromatic N) is 6. The van der Waals surface area contributed by atoms with Crippen molar-refractivity contribution in [3.63, 3.8) is 0 Å². The molecule has 2 aromatic heterocycles. The summed E-state index contributed by atoms with van der Waals surface area (Å²) in [5.74, 6) is -2.00. The highest BCUT2D eigenvalue weighted by atomic mass is 19.4. The average molecular weight is 998 g/mol. The first-order valence-corrected chi connectivity index (χ1v) is 24.1. The Kier molecular flexibility index (Phi) is 19.8. The molecule has 0 bridgehead atoms. The van der Waals surface area contributed by atoms with E-state index in [1.807, 2.05) is 13.1 Å². The van der Waals surface area contributed by atoms with Gasteiger partial charge in [0, 0.05) is 82.4 Å². The maximum absolute atomic E-state index is 13.9. The van der Waals surface area contributed by atoms with Gasteiger partial charge in [-0.05, 0) is 76.4 Å². The van der Waals surface area contributed by atoms with Crippen molar-refractivity contribution in [3.05, 3.63) is 60.2 Å². The molecule has 1 aliphatic carbocycles. The molecule has 4 heterocycles. The molecule has 20 nitrogen and oxygen atoms in total. The number of hydrogen-bond acceptors (Lipinski definition) is 14. The lowest BCUT2D eigenvalue weighted by atomic mass is 9.84. The predicted octanol–water partition coefficient (Wildman–Crippen LogP) is 2.20. The molecule has 388 valence electrons. The molecule has 23 heteroatoms. The van der Waals surface area contributed by atoms with Crippen LogP contribution >= 0.6 is 0 Å². The molecule has 0 spiro atoms. The van der Waals surface area contributed by atoms with Gasteiger partial charge < -0.3 is 55.5 Å². The number of amides is 6. The molecule has 1 saturated carbocycles. The maximum Gasteiger partial charge on any atom is 0.416 e. The van der Waals surface area contributed by atoms with Crippen LogP contribution in [0.4, 0.5) is 19.0 Å².